The first-order valence-electron chi connectivity index (χ1n) is 8.49. The fraction of sp³-hybridized carbons (Fsp3) is 0.143. The van der Waals surface area contributed by atoms with Crippen LogP contribution < -0.4 is 0 Å². The fourth-order valence-corrected chi connectivity index (χ4v) is 2.91. The molecule has 0 aliphatic carbocycles. The summed E-state index contributed by atoms with van der Waals surface area (Å²) in [5.74, 6) is 0.0915. The van der Waals surface area contributed by atoms with Gasteiger partial charge < -0.3 is 9.15 Å². The van der Waals surface area contributed by atoms with E-state index in [2.05, 4.69) is 21.0 Å². The number of fused-ring (bicyclic) bond motifs is 1. The van der Waals surface area contributed by atoms with Gasteiger partial charge in [0.05, 0.1) is 5.56 Å². The molecule has 0 atom stereocenters. The van der Waals surface area contributed by atoms with Crippen LogP contribution in [0.2, 0.25) is 0 Å². The minimum Gasteiger partial charge on any atom is -0.457 e. The van der Waals surface area contributed by atoms with E-state index in [4.69, 9.17) is 9.15 Å². The van der Waals surface area contributed by atoms with Crippen LogP contribution >= 0.6 is 0 Å². The van der Waals surface area contributed by atoms with E-state index < -0.39 is 5.97 Å². The molecular formula is C21H17N3O3. The Hall–Kier alpha value is -3.54. The average Bonchev–Trinajstić information content (AvgIpc) is 3.09. The lowest BCUT2D eigenvalue weighted by Gasteiger charge is -2.03. The van der Waals surface area contributed by atoms with Crippen molar-refractivity contribution in [1.82, 2.24) is 15.0 Å². The molecule has 4 aromatic rings. The minimum absolute atomic E-state index is 0.113. The van der Waals surface area contributed by atoms with Crippen molar-refractivity contribution in [1.29, 1.82) is 0 Å². The van der Waals surface area contributed by atoms with Gasteiger partial charge in [-0.3, -0.25) is 0 Å². The summed E-state index contributed by atoms with van der Waals surface area (Å²) in [6.07, 6.45) is 4.64. The van der Waals surface area contributed by atoms with Gasteiger partial charge in [-0.1, -0.05) is 17.2 Å². The molecule has 0 radical (unpaired) electrons. The molecule has 0 aliphatic heterocycles. The van der Waals surface area contributed by atoms with Gasteiger partial charge in [-0.2, -0.15) is 0 Å². The van der Waals surface area contributed by atoms with Crippen LogP contribution in [0.1, 0.15) is 27.0 Å². The normalized spacial score (nSPS) is 10.9. The lowest BCUT2D eigenvalue weighted by molar-refractivity contribution is 0.0472. The zero-order valence-electron chi connectivity index (χ0n) is 15.0. The van der Waals surface area contributed by atoms with Crippen molar-refractivity contribution in [3.8, 4) is 11.5 Å². The van der Waals surface area contributed by atoms with Crippen molar-refractivity contribution in [3.63, 3.8) is 0 Å². The molecule has 0 spiro atoms. The van der Waals surface area contributed by atoms with Gasteiger partial charge in [-0.25, -0.2) is 19.7 Å². The van der Waals surface area contributed by atoms with E-state index in [0.29, 0.717) is 22.6 Å². The summed E-state index contributed by atoms with van der Waals surface area (Å²) in [7, 11) is 0. The van der Waals surface area contributed by atoms with E-state index >= 15 is 0 Å². The maximum absolute atomic E-state index is 12.3. The number of carbonyl (C=O) groups excluding carboxylic acids is 1. The van der Waals surface area contributed by atoms with E-state index in [1.807, 2.05) is 26.0 Å². The third-order valence-corrected chi connectivity index (χ3v) is 4.08. The Labute approximate surface area is 155 Å². The van der Waals surface area contributed by atoms with E-state index in [0.717, 1.165) is 22.3 Å². The summed E-state index contributed by atoms with van der Waals surface area (Å²) in [6, 6.07) is 11.2. The summed E-state index contributed by atoms with van der Waals surface area (Å²) in [5.41, 5.74) is 5.56. The Morgan fingerprint density at radius 1 is 1.04 bits per heavy atom. The van der Waals surface area contributed by atoms with Crippen LogP contribution in [0.5, 0.6) is 0 Å². The number of benzene rings is 2. The van der Waals surface area contributed by atoms with Crippen LogP contribution in [0.4, 0.5) is 0 Å². The zero-order chi connectivity index (χ0) is 18.8. The molecule has 0 saturated heterocycles. The number of ether oxygens (including phenoxy) is 1. The second kappa shape index (κ2) is 6.99. The Bertz CT molecular complexity index is 1100. The maximum atomic E-state index is 12.3. The first-order chi connectivity index (χ1) is 13.1. The topological polar surface area (TPSA) is 78.1 Å². The van der Waals surface area contributed by atoms with Gasteiger partial charge in [0.25, 0.3) is 0 Å². The lowest BCUT2D eigenvalue weighted by atomic mass is 10.1. The molecule has 0 N–H and O–H groups in total. The van der Waals surface area contributed by atoms with Gasteiger partial charge in [-0.15, -0.1) is 0 Å². The SMILES string of the molecule is Cc1cc(C)cc(-c2nc3ccc(C(=O)OCc4cncnc4)cc3o2)c1. The van der Waals surface area contributed by atoms with Gasteiger partial charge in [0.15, 0.2) is 5.58 Å². The quantitative estimate of drug-likeness (QED) is 0.507. The fourth-order valence-electron chi connectivity index (χ4n) is 2.91. The molecule has 4 rings (SSSR count). The molecule has 2 aromatic heterocycles. The summed E-state index contributed by atoms with van der Waals surface area (Å²) < 4.78 is 11.2. The molecule has 0 fully saturated rings. The smallest absolute Gasteiger partial charge is 0.338 e. The van der Waals surface area contributed by atoms with Crippen LogP contribution in [0.15, 0.2) is 59.5 Å². The highest BCUT2D eigenvalue weighted by molar-refractivity contribution is 5.93. The van der Waals surface area contributed by atoms with Gasteiger partial charge >= 0.3 is 5.97 Å². The largest absolute Gasteiger partial charge is 0.457 e. The van der Waals surface area contributed by atoms with Crippen LogP contribution in [-0.4, -0.2) is 20.9 Å². The van der Waals surface area contributed by atoms with Crippen LogP contribution in [0.25, 0.3) is 22.6 Å². The molecule has 134 valence electrons. The highest BCUT2D eigenvalue weighted by Crippen LogP contribution is 2.26. The van der Waals surface area contributed by atoms with E-state index in [9.17, 15) is 4.79 Å². The maximum Gasteiger partial charge on any atom is 0.338 e. The average molecular weight is 359 g/mol. The van der Waals surface area contributed by atoms with Gasteiger partial charge in [0, 0.05) is 23.5 Å². The number of aryl methyl sites for hydroxylation is 2. The minimum atomic E-state index is -0.440. The summed E-state index contributed by atoms with van der Waals surface area (Å²) >= 11 is 0. The van der Waals surface area contributed by atoms with Crippen molar-refractivity contribution < 1.29 is 13.9 Å². The van der Waals surface area contributed by atoms with E-state index in [-0.39, 0.29) is 6.61 Å². The summed E-state index contributed by atoms with van der Waals surface area (Å²) in [6.45, 7) is 4.18. The highest BCUT2D eigenvalue weighted by Gasteiger charge is 2.13. The Balaban J connectivity index is 1.58. The molecule has 2 aromatic carbocycles. The predicted octanol–water partition coefficient (Wildman–Crippen LogP) is 4.26. The number of carbonyl (C=O) groups is 1. The molecule has 0 amide bonds. The highest BCUT2D eigenvalue weighted by atomic mass is 16.5. The molecular weight excluding hydrogens is 342 g/mol. The summed E-state index contributed by atoms with van der Waals surface area (Å²) in [4.78, 5) is 24.6. The monoisotopic (exact) mass is 359 g/mol. The van der Waals surface area contributed by atoms with Crippen molar-refractivity contribution in [2.75, 3.05) is 0 Å². The second-order valence-electron chi connectivity index (χ2n) is 6.40. The number of hydrogen-bond donors (Lipinski definition) is 0. The number of hydrogen-bond acceptors (Lipinski definition) is 6. The molecule has 0 bridgehead atoms. The van der Waals surface area contributed by atoms with Gasteiger partial charge in [0.1, 0.15) is 18.5 Å². The van der Waals surface area contributed by atoms with Gasteiger partial charge in [0.2, 0.25) is 5.89 Å². The van der Waals surface area contributed by atoms with E-state index in [1.165, 1.54) is 6.33 Å². The van der Waals surface area contributed by atoms with Crippen LogP contribution in [0, 0.1) is 13.8 Å². The Morgan fingerprint density at radius 2 is 1.78 bits per heavy atom. The predicted molar refractivity (Wildman–Crippen MR) is 100 cm³/mol. The number of oxazole rings is 1. The van der Waals surface area contributed by atoms with Crippen LogP contribution in [0.3, 0.4) is 0 Å². The number of aromatic nitrogens is 3. The Kier molecular flexibility index (Phi) is 4.38. The molecule has 0 aliphatic rings. The van der Waals surface area contributed by atoms with Gasteiger partial charge in [-0.05, 0) is 44.2 Å². The molecule has 2 heterocycles. The summed E-state index contributed by atoms with van der Waals surface area (Å²) in [5, 5.41) is 0. The van der Waals surface area contributed by atoms with Crippen molar-refractivity contribution in [3.05, 3.63) is 77.4 Å². The third kappa shape index (κ3) is 3.69. The van der Waals surface area contributed by atoms with Crippen molar-refractivity contribution in [2.45, 2.75) is 20.5 Å². The number of esters is 1. The number of nitrogens with zero attached hydrogens (tertiary/aromatic N) is 3. The zero-order valence-corrected chi connectivity index (χ0v) is 15.0. The van der Waals surface area contributed by atoms with Crippen molar-refractivity contribution in [2.24, 2.45) is 0 Å². The standard InChI is InChI=1S/C21H17N3O3/c1-13-5-14(2)7-17(6-13)20-24-18-4-3-16(8-19(18)27-20)21(25)26-11-15-9-22-12-23-10-15/h3-10,12H,11H2,1-2H3. The first-order valence-corrected chi connectivity index (χ1v) is 8.49. The van der Waals surface area contributed by atoms with Crippen molar-refractivity contribution >= 4 is 17.1 Å². The first kappa shape index (κ1) is 16.9. The Morgan fingerprint density at radius 3 is 2.52 bits per heavy atom. The molecule has 0 saturated carbocycles. The molecule has 6 heteroatoms. The number of rotatable bonds is 4. The van der Waals surface area contributed by atoms with Crippen LogP contribution in [-0.2, 0) is 11.3 Å². The molecule has 27 heavy (non-hydrogen) atoms. The molecule has 6 nitrogen and oxygen atoms in total. The lowest BCUT2D eigenvalue weighted by Crippen LogP contribution is -2.05. The second-order valence-corrected chi connectivity index (χ2v) is 6.40. The van der Waals surface area contributed by atoms with E-state index in [1.54, 1.807) is 30.6 Å². The molecule has 0 unspecified atom stereocenters. The third-order valence-electron chi connectivity index (χ3n) is 4.08.